The Bertz CT molecular complexity index is 1320. The number of nitrogens with zero attached hydrogens (tertiary/aromatic N) is 6. The highest BCUT2D eigenvalue weighted by Gasteiger charge is 2.12. The Morgan fingerprint density at radius 1 is 1.10 bits per heavy atom. The predicted molar refractivity (Wildman–Crippen MR) is 106 cm³/mol. The lowest BCUT2D eigenvalue weighted by atomic mass is 10.3. The van der Waals surface area contributed by atoms with E-state index in [2.05, 4.69) is 25.3 Å². The van der Waals surface area contributed by atoms with Crippen LogP contribution in [0.1, 0.15) is 10.5 Å². The largest absolute Gasteiger partial charge is 0.497 e. The number of benzene rings is 1. The molecule has 0 radical (unpaired) electrons. The number of ether oxygens (including phenoxy) is 1. The van der Waals surface area contributed by atoms with Gasteiger partial charge in [0.2, 0.25) is 5.78 Å². The summed E-state index contributed by atoms with van der Waals surface area (Å²) >= 11 is 0. The summed E-state index contributed by atoms with van der Waals surface area (Å²) in [6.07, 6.45) is 8.49. The first-order chi connectivity index (χ1) is 14.2. The number of carbonyl (C=O) groups excluding carboxylic acids is 1. The van der Waals surface area contributed by atoms with Crippen LogP contribution in [0, 0.1) is 0 Å². The molecule has 0 saturated heterocycles. The van der Waals surface area contributed by atoms with Crippen LogP contribution in [-0.4, -0.2) is 41.9 Å². The lowest BCUT2D eigenvalue weighted by Gasteiger charge is -2.06. The molecule has 0 atom stereocenters. The summed E-state index contributed by atoms with van der Waals surface area (Å²) in [6.45, 7) is 0. The zero-order chi connectivity index (χ0) is 19.8. The number of hydrogen-bond donors (Lipinski definition) is 1. The summed E-state index contributed by atoms with van der Waals surface area (Å²) in [5.41, 5.74) is 2.46. The first kappa shape index (κ1) is 16.9. The van der Waals surface area contributed by atoms with Crippen molar-refractivity contribution >= 4 is 28.4 Å². The van der Waals surface area contributed by atoms with Crippen molar-refractivity contribution in [3.63, 3.8) is 0 Å². The molecule has 4 heterocycles. The molecule has 0 unspecified atom stereocenters. The van der Waals surface area contributed by atoms with Crippen LogP contribution in [0.25, 0.3) is 22.6 Å². The molecule has 9 nitrogen and oxygen atoms in total. The third kappa shape index (κ3) is 3.04. The molecular formula is C20H15N7O2. The number of aromatic nitrogens is 6. The fraction of sp³-hybridized carbons (Fsp3) is 0.0500. The van der Waals surface area contributed by atoms with Crippen molar-refractivity contribution in [2.24, 2.45) is 0 Å². The maximum Gasteiger partial charge on any atom is 0.274 e. The van der Waals surface area contributed by atoms with Crippen LogP contribution in [-0.2, 0) is 0 Å². The minimum atomic E-state index is -0.339. The zero-order valence-corrected chi connectivity index (χ0v) is 15.4. The Kier molecular flexibility index (Phi) is 3.91. The molecule has 1 aromatic carbocycles. The molecule has 0 bridgehead atoms. The maximum atomic E-state index is 12.6. The smallest absolute Gasteiger partial charge is 0.274 e. The SMILES string of the molecule is COc1ccc2c(c1)nc1nc(C(=O)Nc3ccc(-n4ccnc4)nc3)ccn12. The second-order valence-corrected chi connectivity index (χ2v) is 6.28. The summed E-state index contributed by atoms with van der Waals surface area (Å²) in [4.78, 5) is 29.8. The Labute approximate surface area is 164 Å². The fourth-order valence-corrected chi connectivity index (χ4v) is 3.04. The molecule has 1 amide bonds. The molecule has 9 heteroatoms. The van der Waals surface area contributed by atoms with Crippen LogP contribution in [0.15, 0.2) is 67.5 Å². The van der Waals surface area contributed by atoms with E-state index in [1.807, 2.05) is 22.6 Å². The summed E-state index contributed by atoms with van der Waals surface area (Å²) in [7, 11) is 1.61. The van der Waals surface area contributed by atoms with Gasteiger partial charge in [0.1, 0.15) is 23.6 Å². The molecule has 0 aliphatic carbocycles. The fourth-order valence-electron chi connectivity index (χ4n) is 3.04. The molecular weight excluding hydrogens is 370 g/mol. The maximum absolute atomic E-state index is 12.6. The minimum absolute atomic E-state index is 0.262. The van der Waals surface area contributed by atoms with E-state index in [-0.39, 0.29) is 11.6 Å². The van der Waals surface area contributed by atoms with Crippen LogP contribution >= 0.6 is 0 Å². The van der Waals surface area contributed by atoms with Gasteiger partial charge >= 0.3 is 0 Å². The molecule has 4 aromatic heterocycles. The van der Waals surface area contributed by atoms with E-state index in [1.54, 1.807) is 61.0 Å². The number of carbonyl (C=O) groups is 1. The molecule has 0 fully saturated rings. The minimum Gasteiger partial charge on any atom is -0.497 e. The van der Waals surface area contributed by atoms with E-state index in [0.717, 1.165) is 11.0 Å². The lowest BCUT2D eigenvalue weighted by molar-refractivity contribution is 0.102. The average molecular weight is 385 g/mol. The number of pyridine rings is 1. The number of amides is 1. The number of anilines is 1. The molecule has 0 aliphatic rings. The van der Waals surface area contributed by atoms with Gasteiger partial charge in [-0.2, -0.15) is 0 Å². The van der Waals surface area contributed by atoms with E-state index in [4.69, 9.17) is 4.74 Å². The Balaban J connectivity index is 1.41. The van der Waals surface area contributed by atoms with Crippen molar-refractivity contribution in [1.29, 1.82) is 0 Å². The number of rotatable bonds is 4. The number of methoxy groups -OCH3 is 1. The number of imidazole rings is 2. The Morgan fingerprint density at radius 3 is 2.79 bits per heavy atom. The van der Waals surface area contributed by atoms with Gasteiger partial charge in [-0.1, -0.05) is 0 Å². The van der Waals surface area contributed by atoms with Gasteiger partial charge in [-0.15, -0.1) is 0 Å². The van der Waals surface area contributed by atoms with Crippen LogP contribution in [0.3, 0.4) is 0 Å². The number of nitrogens with one attached hydrogen (secondary N) is 1. The van der Waals surface area contributed by atoms with Crippen molar-refractivity contribution in [2.75, 3.05) is 12.4 Å². The van der Waals surface area contributed by atoms with E-state index in [9.17, 15) is 4.79 Å². The van der Waals surface area contributed by atoms with Crippen molar-refractivity contribution < 1.29 is 9.53 Å². The van der Waals surface area contributed by atoms with Gasteiger partial charge in [0, 0.05) is 24.7 Å². The molecule has 5 aromatic rings. The normalized spacial score (nSPS) is 11.1. The first-order valence-electron chi connectivity index (χ1n) is 8.80. The van der Waals surface area contributed by atoms with Gasteiger partial charge < -0.3 is 10.1 Å². The highest BCUT2D eigenvalue weighted by molar-refractivity contribution is 6.03. The van der Waals surface area contributed by atoms with Crippen molar-refractivity contribution in [3.05, 3.63) is 73.2 Å². The Hall–Kier alpha value is -4.27. The molecule has 0 saturated carbocycles. The second-order valence-electron chi connectivity index (χ2n) is 6.28. The third-order valence-corrected chi connectivity index (χ3v) is 4.49. The highest BCUT2D eigenvalue weighted by Crippen LogP contribution is 2.21. The van der Waals surface area contributed by atoms with Crippen LogP contribution in [0.2, 0.25) is 0 Å². The Morgan fingerprint density at radius 2 is 2.03 bits per heavy atom. The molecule has 0 aliphatic heterocycles. The van der Waals surface area contributed by atoms with Gasteiger partial charge in [-0.05, 0) is 30.3 Å². The van der Waals surface area contributed by atoms with Gasteiger partial charge in [-0.3, -0.25) is 13.8 Å². The summed E-state index contributed by atoms with van der Waals surface area (Å²) in [5.74, 6) is 1.52. The standard InChI is InChI=1S/C20H15N7O2/c1-29-14-3-4-17-16(10-14)25-20-24-15(6-8-27(17)20)19(28)23-13-2-5-18(22-11-13)26-9-7-21-12-26/h2-12H,1H3,(H,23,28). The lowest BCUT2D eigenvalue weighted by Crippen LogP contribution is -2.14. The van der Waals surface area contributed by atoms with Crippen molar-refractivity contribution in [1.82, 2.24) is 28.9 Å². The average Bonchev–Trinajstić information content (AvgIpc) is 3.41. The molecule has 1 N–H and O–H groups in total. The molecule has 142 valence electrons. The summed E-state index contributed by atoms with van der Waals surface area (Å²) in [6, 6.07) is 10.8. The van der Waals surface area contributed by atoms with Gasteiger partial charge in [0.15, 0.2) is 0 Å². The van der Waals surface area contributed by atoms with Gasteiger partial charge in [-0.25, -0.2) is 19.9 Å². The topological polar surface area (TPSA) is 99.2 Å². The first-order valence-corrected chi connectivity index (χ1v) is 8.80. The van der Waals surface area contributed by atoms with Gasteiger partial charge in [0.05, 0.1) is 30.0 Å². The zero-order valence-electron chi connectivity index (χ0n) is 15.4. The van der Waals surface area contributed by atoms with E-state index < -0.39 is 0 Å². The highest BCUT2D eigenvalue weighted by atomic mass is 16.5. The molecule has 5 rings (SSSR count). The summed E-state index contributed by atoms with van der Waals surface area (Å²) < 4.78 is 8.84. The van der Waals surface area contributed by atoms with E-state index in [1.165, 1.54) is 0 Å². The van der Waals surface area contributed by atoms with Crippen LogP contribution < -0.4 is 10.1 Å². The number of fused-ring (bicyclic) bond motifs is 3. The second kappa shape index (κ2) is 6.71. The monoisotopic (exact) mass is 385 g/mol. The van der Waals surface area contributed by atoms with E-state index in [0.29, 0.717) is 23.0 Å². The van der Waals surface area contributed by atoms with Crippen LogP contribution in [0.5, 0.6) is 5.75 Å². The summed E-state index contributed by atoms with van der Waals surface area (Å²) in [5, 5.41) is 2.80. The van der Waals surface area contributed by atoms with Crippen molar-refractivity contribution in [3.8, 4) is 11.6 Å². The molecule has 0 spiro atoms. The van der Waals surface area contributed by atoms with Crippen molar-refractivity contribution in [2.45, 2.75) is 0 Å². The predicted octanol–water partition coefficient (Wildman–Crippen LogP) is 2.72. The van der Waals surface area contributed by atoms with E-state index >= 15 is 0 Å². The quantitative estimate of drug-likeness (QED) is 0.511. The number of hydrogen-bond acceptors (Lipinski definition) is 6. The van der Waals surface area contributed by atoms with Crippen LogP contribution in [0.4, 0.5) is 5.69 Å². The third-order valence-electron chi connectivity index (χ3n) is 4.49. The molecule has 29 heavy (non-hydrogen) atoms. The van der Waals surface area contributed by atoms with Gasteiger partial charge in [0.25, 0.3) is 5.91 Å².